The van der Waals surface area contributed by atoms with Crippen LogP contribution in [-0.2, 0) is 0 Å². The van der Waals surface area contributed by atoms with Gasteiger partial charge in [-0.1, -0.05) is 29.3 Å². The largest absolute Gasteiger partial charge is 0.355 e. The Labute approximate surface area is 131 Å². The van der Waals surface area contributed by atoms with Gasteiger partial charge in [-0.15, -0.1) is 0 Å². The van der Waals surface area contributed by atoms with Gasteiger partial charge in [0.15, 0.2) is 0 Å². The van der Waals surface area contributed by atoms with Gasteiger partial charge in [0.05, 0.1) is 6.21 Å². The molecule has 2 amide bonds. The van der Waals surface area contributed by atoms with E-state index in [2.05, 4.69) is 15.8 Å². The summed E-state index contributed by atoms with van der Waals surface area (Å²) < 4.78 is 0. The number of hydrazone groups is 1. The van der Waals surface area contributed by atoms with Crippen LogP contribution in [0, 0.1) is 0 Å². The van der Waals surface area contributed by atoms with Crippen LogP contribution >= 0.6 is 23.2 Å². The molecule has 5 nitrogen and oxygen atoms in total. The number of nitrogens with one attached hydrogen (secondary N) is 2. The molecule has 0 spiro atoms. The van der Waals surface area contributed by atoms with E-state index in [1.54, 1.807) is 30.3 Å². The van der Waals surface area contributed by atoms with Gasteiger partial charge < -0.3 is 11.1 Å². The summed E-state index contributed by atoms with van der Waals surface area (Å²) in [6.07, 6.45) is 1.45. The summed E-state index contributed by atoms with van der Waals surface area (Å²) in [5, 5.41) is 8.10. The van der Waals surface area contributed by atoms with Crippen molar-refractivity contribution in [3.05, 3.63) is 58.1 Å². The van der Waals surface area contributed by atoms with Crippen molar-refractivity contribution in [1.29, 1.82) is 0 Å². The average Bonchev–Trinajstić information content (AvgIpc) is 2.41. The molecule has 0 saturated carbocycles. The van der Waals surface area contributed by atoms with E-state index in [-0.39, 0.29) is 0 Å². The van der Waals surface area contributed by atoms with Crippen molar-refractivity contribution >= 4 is 46.8 Å². The second-order valence-corrected chi connectivity index (χ2v) is 4.97. The minimum atomic E-state index is -0.738. The van der Waals surface area contributed by atoms with Gasteiger partial charge in [-0.25, -0.2) is 10.2 Å². The number of carbonyl (C=O) groups is 1. The minimum absolute atomic E-state index is 0.548. The summed E-state index contributed by atoms with van der Waals surface area (Å²) in [5.74, 6) is 0. The van der Waals surface area contributed by atoms with Gasteiger partial charge in [-0.3, -0.25) is 0 Å². The topological polar surface area (TPSA) is 79.5 Å². The van der Waals surface area contributed by atoms with Crippen LogP contribution in [0.1, 0.15) is 5.56 Å². The fraction of sp³-hybridized carbons (Fsp3) is 0. The zero-order valence-corrected chi connectivity index (χ0v) is 12.3. The highest BCUT2D eigenvalue weighted by molar-refractivity contribution is 6.31. The number of amides is 2. The predicted octanol–water partition coefficient (Wildman–Crippen LogP) is 3.74. The van der Waals surface area contributed by atoms with Crippen LogP contribution in [0.3, 0.4) is 0 Å². The molecule has 0 fully saturated rings. The maximum atomic E-state index is 10.6. The molecule has 0 radical (unpaired) electrons. The van der Waals surface area contributed by atoms with Crippen molar-refractivity contribution in [2.75, 3.05) is 5.32 Å². The molecule has 2 aromatic rings. The number of nitrogens with zero attached hydrogens (tertiary/aromatic N) is 1. The lowest BCUT2D eigenvalue weighted by molar-refractivity contribution is 0.249. The molecule has 0 aromatic heterocycles. The number of anilines is 2. The van der Waals surface area contributed by atoms with E-state index in [1.165, 1.54) is 6.21 Å². The van der Waals surface area contributed by atoms with Crippen LogP contribution in [0.25, 0.3) is 0 Å². The number of urea groups is 1. The van der Waals surface area contributed by atoms with E-state index in [4.69, 9.17) is 28.9 Å². The van der Waals surface area contributed by atoms with Crippen LogP contribution in [0.15, 0.2) is 47.6 Å². The van der Waals surface area contributed by atoms with Crippen molar-refractivity contribution in [2.24, 2.45) is 10.8 Å². The molecule has 0 aliphatic heterocycles. The summed E-state index contributed by atoms with van der Waals surface area (Å²) >= 11 is 11.9. The fourth-order valence-corrected chi connectivity index (χ4v) is 2.01. The third-order valence-electron chi connectivity index (χ3n) is 2.50. The molecule has 0 aliphatic carbocycles. The highest BCUT2D eigenvalue weighted by Gasteiger charge is 2.03. The first-order chi connectivity index (χ1) is 10.0. The molecule has 0 saturated heterocycles. The van der Waals surface area contributed by atoms with Crippen molar-refractivity contribution in [2.45, 2.75) is 0 Å². The Kier molecular flexibility index (Phi) is 5.03. The Morgan fingerprint density at radius 3 is 2.62 bits per heavy atom. The molecule has 21 heavy (non-hydrogen) atoms. The normalized spacial score (nSPS) is 10.6. The third-order valence-corrected chi connectivity index (χ3v) is 2.97. The number of nitrogens with two attached hydrogens (primary N) is 1. The standard InChI is InChI=1S/C14H12Cl2N4O/c15-10-2-1-3-12(7-10)19-13-5-4-11(16)6-9(13)8-18-20-14(17)21/h1-8,19H,(H3,17,20,21)/b18-8-. The Bertz CT molecular complexity index is 688. The minimum Gasteiger partial charge on any atom is -0.355 e. The molecular formula is C14H12Cl2N4O. The smallest absolute Gasteiger partial charge is 0.332 e. The van der Waals surface area contributed by atoms with E-state index in [0.29, 0.717) is 15.6 Å². The molecule has 0 unspecified atom stereocenters. The van der Waals surface area contributed by atoms with Gasteiger partial charge in [0.1, 0.15) is 0 Å². The molecule has 2 aromatic carbocycles. The van der Waals surface area contributed by atoms with Gasteiger partial charge in [0, 0.05) is 27.0 Å². The molecule has 2 rings (SSSR count). The van der Waals surface area contributed by atoms with E-state index < -0.39 is 6.03 Å². The van der Waals surface area contributed by atoms with Gasteiger partial charge in [0.2, 0.25) is 0 Å². The number of rotatable bonds is 4. The van der Waals surface area contributed by atoms with Crippen LogP contribution in [-0.4, -0.2) is 12.2 Å². The SMILES string of the molecule is NC(=O)N/N=C\c1cc(Cl)ccc1Nc1cccc(Cl)c1. The zero-order chi connectivity index (χ0) is 15.2. The highest BCUT2D eigenvalue weighted by atomic mass is 35.5. The molecule has 0 aliphatic rings. The van der Waals surface area contributed by atoms with Crippen LogP contribution in [0.4, 0.5) is 16.2 Å². The first-order valence-electron chi connectivity index (χ1n) is 5.95. The Morgan fingerprint density at radius 2 is 1.90 bits per heavy atom. The second-order valence-electron chi connectivity index (χ2n) is 4.10. The van der Waals surface area contributed by atoms with Crippen molar-refractivity contribution in [3.8, 4) is 0 Å². The van der Waals surface area contributed by atoms with E-state index >= 15 is 0 Å². The summed E-state index contributed by atoms with van der Waals surface area (Å²) in [7, 11) is 0. The summed E-state index contributed by atoms with van der Waals surface area (Å²) in [4.78, 5) is 10.6. The lowest BCUT2D eigenvalue weighted by Gasteiger charge is -2.10. The number of benzene rings is 2. The Morgan fingerprint density at radius 1 is 1.14 bits per heavy atom. The molecular weight excluding hydrogens is 311 g/mol. The summed E-state index contributed by atoms with van der Waals surface area (Å²) in [6.45, 7) is 0. The number of hydrogen-bond donors (Lipinski definition) is 3. The zero-order valence-electron chi connectivity index (χ0n) is 10.8. The number of hydrogen-bond acceptors (Lipinski definition) is 3. The van der Waals surface area contributed by atoms with E-state index in [0.717, 1.165) is 11.4 Å². The number of halogens is 2. The number of primary amides is 1. The third kappa shape index (κ3) is 4.66. The molecule has 7 heteroatoms. The quantitative estimate of drug-likeness (QED) is 0.592. The monoisotopic (exact) mass is 322 g/mol. The Hall–Kier alpha value is -2.24. The van der Waals surface area contributed by atoms with E-state index in [9.17, 15) is 4.79 Å². The fourth-order valence-electron chi connectivity index (χ4n) is 1.64. The summed E-state index contributed by atoms with van der Waals surface area (Å²) in [6, 6.07) is 11.8. The molecule has 0 heterocycles. The lowest BCUT2D eigenvalue weighted by Crippen LogP contribution is -2.24. The molecule has 108 valence electrons. The van der Waals surface area contributed by atoms with Crippen LogP contribution < -0.4 is 16.5 Å². The molecule has 4 N–H and O–H groups in total. The van der Waals surface area contributed by atoms with Gasteiger partial charge in [-0.05, 0) is 36.4 Å². The van der Waals surface area contributed by atoms with Crippen LogP contribution in [0.5, 0.6) is 0 Å². The lowest BCUT2D eigenvalue weighted by atomic mass is 10.2. The molecule has 0 bridgehead atoms. The maximum absolute atomic E-state index is 10.6. The summed E-state index contributed by atoms with van der Waals surface area (Å²) in [5.41, 5.74) is 9.35. The van der Waals surface area contributed by atoms with Crippen molar-refractivity contribution in [1.82, 2.24) is 5.43 Å². The van der Waals surface area contributed by atoms with Crippen molar-refractivity contribution < 1.29 is 4.79 Å². The predicted molar refractivity (Wildman–Crippen MR) is 86.5 cm³/mol. The second kappa shape index (κ2) is 6.97. The first kappa shape index (κ1) is 15.2. The van der Waals surface area contributed by atoms with Gasteiger partial charge >= 0.3 is 6.03 Å². The highest BCUT2D eigenvalue weighted by Crippen LogP contribution is 2.24. The average molecular weight is 323 g/mol. The Balaban J connectivity index is 2.26. The van der Waals surface area contributed by atoms with Crippen molar-refractivity contribution in [3.63, 3.8) is 0 Å². The number of carbonyl (C=O) groups excluding carboxylic acids is 1. The van der Waals surface area contributed by atoms with Crippen LogP contribution in [0.2, 0.25) is 10.0 Å². The maximum Gasteiger partial charge on any atom is 0.332 e. The molecule has 0 atom stereocenters. The van der Waals surface area contributed by atoms with Gasteiger partial charge in [-0.2, -0.15) is 5.10 Å². The first-order valence-corrected chi connectivity index (χ1v) is 6.71. The van der Waals surface area contributed by atoms with Gasteiger partial charge in [0.25, 0.3) is 0 Å². The van der Waals surface area contributed by atoms with E-state index in [1.807, 2.05) is 12.1 Å².